The van der Waals surface area contributed by atoms with Crippen molar-refractivity contribution in [2.75, 3.05) is 0 Å². The van der Waals surface area contributed by atoms with Gasteiger partial charge in [-0.3, -0.25) is 4.79 Å². The smallest absolute Gasteiger partial charge is 0.237 e. The monoisotopic (exact) mass is 322 g/mol. The third-order valence-corrected chi connectivity index (χ3v) is 3.19. The Bertz CT molecular complexity index is 583. The molecule has 0 spiro atoms. The first-order chi connectivity index (χ1) is 10.1. The molecule has 0 aliphatic rings. The number of carbonyl (C=O) groups excluding carboxylic acids is 1. The minimum atomic E-state index is -0.450. The molecule has 0 saturated carbocycles. The number of para-hydroxylation sites is 1. The first-order valence-corrected chi connectivity index (χ1v) is 7.18. The van der Waals surface area contributed by atoms with E-state index in [4.69, 9.17) is 5.73 Å². The van der Waals surface area contributed by atoms with Crippen LogP contribution in [0.15, 0.2) is 42.7 Å². The number of nitrogens with two attached hydrogens (primary N) is 1. The molecule has 1 aromatic heterocycles. The van der Waals surface area contributed by atoms with Crippen molar-refractivity contribution in [3.05, 3.63) is 48.3 Å². The highest BCUT2D eigenvalue weighted by Crippen LogP contribution is 2.08. The Balaban J connectivity index is 0.00000242. The van der Waals surface area contributed by atoms with E-state index in [0.29, 0.717) is 18.9 Å². The largest absolute Gasteiger partial charge is 0.351 e. The zero-order valence-corrected chi connectivity index (χ0v) is 13.7. The highest BCUT2D eigenvalue weighted by Gasteiger charge is 2.14. The normalized spacial score (nSPS) is 11.8. The summed E-state index contributed by atoms with van der Waals surface area (Å²) in [5.41, 5.74) is 7.79. The molecule has 2 rings (SSSR count). The van der Waals surface area contributed by atoms with Crippen LogP contribution in [0.2, 0.25) is 0 Å². The fourth-order valence-electron chi connectivity index (χ4n) is 2.11. The van der Waals surface area contributed by atoms with Crippen molar-refractivity contribution in [1.29, 1.82) is 0 Å². The number of hydrogen-bond acceptors (Lipinski definition) is 3. The zero-order valence-electron chi connectivity index (χ0n) is 12.9. The average molecular weight is 323 g/mol. The predicted molar refractivity (Wildman–Crippen MR) is 90.1 cm³/mol. The van der Waals surface area contributed by atoms with E-state index >= 15 is 0 Å². The molecular formula is C16H23ClN4O. The average Bonchev–Trinajstić information content (AvgIpc) is 2.94. The SMILES string of the molecule is CC(C)C[C@H](N)C(=O)NCc1cnn(-c2ccccc2)c1.Cl. The zero-order chi connectivity index (χ0) is 15.2. The summed E-state index contributed by atoms with van der Waals surface area (Å²) in [6.07, 6.45) is 4.35. The van der Waals surface area contributed by atoms with Gasteiger partial charge in [-0.25, -0.2) is 4.68 Å². The molecule has 0 unspecified atom stereocenters. The fourth-order valence-corrected chi connectivity index (χ4v) is 2.11. The number of nitrogens with zero attached hydrogens (tertiary/aromatic N) is 2. The van der Waals surface area contributed by atoms with Gasteiger partial charge in [-0.15, -0.1) is 12.4 Å². The summed E-state index contributed by atoms with van der Waals surface area (Å²) in [4.78, 5) is 11.9. The third-order valence-electron chi connectivity index (χ3n) is 3.19. The van der Waals surface area contributed by atoms with Crippen molar-refractivity contribution in [2.45, 2.75) is 32.9 Å². The molecule has 1 heterocycles. The first-order valence-electron chi connectivity index (χ1n) is 7.18. The van der Waals surface area contributed by atoms with Crippen LogP contribution in [0.3, 0.4) is 0 Å². The summed E-state index contributed by atoms with van der Waals surface area (Å²) >= 11 is 0. The van der Waals surface area contributed by atoms with Gasteiger partial charge in [-0.05, 0) is 24.5 Å². The lowest BCUT2D eigenvalue weighted by molar-refractivity contribution is -0.122. The van der Waals surface area contributed by atoms with Gasteiger partial charge in [-0.2, -0.15) is 5.10 Å². The molecular weight excluding hydrogens is 300 g/mol. The maximum Gasteiger partial charge on any atom is 0.237 e. The first kappa shape index (κ1) is 18.2. The lowest BCUT2D eigenvalue weighted by atomic mass is 10.0. The van der Waals surface area contributed by atoms with Gasteiger partial charge < -0.3 is 11.1 Å². The summed E-state index contributed by atoms with van der Waals surface area (Å²) in [6.45, 7) is 4.55. The van der Waals surface area contributed by atoms with E-state index in [-0.39, 0.29) is 18.3 Å². The molecule has 22 heavy (non-hydrogen) atoms. The Labute approximate surface area is 137 Å². The maximum atomic E-state index is 11.9. The van der Waals surface area contributed by atoms with E-state index in [1.807, 2.05) is 36.5 Å². The maximum absolute atomic E-state index is 11.9. The number of aromatic nitrogens is 2. The van der Waals surface area contributed by atoms with Gasteiger partial charge in [-0.1, -0.05) is 32.0 Å². The summed E-state index contributed by atoms with van der Waals surface area (Å²) in [6, 6.07) is 9.40. The summed E-state index contributed by atoms with van der Waals surface area (Å²) in [5.74, 6) is 0.294. The fraction of sp³-hybridized carbons (Fsp3) is 0.375. The van der Waals surface area contributed by atoms with Gasteiger partial charge in [0.05, 0.1) is 17.9 Å². The molecule has 120 valence electrons. The van der Waals surface area contributed by atoms with Gasteiger partial charge in [0.1, 0.15) is 0 Å². The Kier molecular flexibility index (Phi) is 7.08. The van der Waals surface area contributed by atoms with Crippen LogP contribution in [0.25, 0.3) is 5.69 Å². The number of benzene rings is 1. The lowest BCUT2D eigenvalue weighted by Gasteiger charge is -2.13. The number of hydrogen-bond donors (Lipinski definition) is 2. The lowest BCUT2D eigenvalue weighted by Crippen LogP contribution is -2.40. The van der Waals surface area contributed by atoms with E-state index < -0.39 is 6.04 Å². The standard InChI is InChI=1S/C16H22N4O.ClH/c1-12(2)8-15(17)16(21)18-9-13-10-19-20(11-13)14-6-4-3-5-7-14;/h3-7,10-12,15H,8-9,17H2,1-2H3,(H,18,21);1H/t15-;/m0./s1. The molecule has 1 atom stereocenters. The molecule has 2 aromatic rings. The summed E-state index contributed by atoms with van der Waals surface area (Å²) in [7, 11) is 0. The summed E-state index contributed by atoms with van der Waals surface area (Å²) in [5, 5.41) is 7.14. The Morgan fingerprint density at radius 1 is 1.32 bits per heavy atom. The highest BCUT2D eigenvalue weighted by molar-refractivity contribution is 5.85. The van der Waals surface area contributed by atoms with Gasteiger partial charge in [0, 0.05) is 18.3 Å². The van der Waals surface area contributed by atoms with Crippen molar-refractivity contribution in [3.63, 3.8) is 0 Å². The van der Waals surface area contributed by atoms with Crippen molar-refractivity contribution < 1.29 is 4.79 Å². The minimum Gasteiger partial charge on any atom is -0.351 e. The molecule has 1 aromatic carbocycles. The van der Waals surface area contributed by atoms with Gasteiger partial charge >= 0.3 is 0 Å². The molecule has 0 bridgehead atoms. The second-order valence-electron chi connectivity index (χ2n) is 5.58. The van der Waals surface area contributed by atoms with E-state index in [2.05, 4.69) is 24.3 Å². The van der Waals surface area contributed by atoms with Crippen molar-refractivity contribution in [3.8, 4) is 5.69 Å². The highest BCUT2D eigenvalue weighted by atomic mass is 35.5. The molecule has 1 amide bonds. The molecule has 0 aliphatic carbocycles. The quantitative estimate of drug-likeness (QED) is 0.857. The molecule has 0 saturated heterocycles. The van der Waals surface area contributed by atoms with Gasteiger partial charge in [0.25, 0.3) is 0 Å². The number of halogens is 1. The van der Waals surface area contributed by atoms with E-state index in [1.165, 1.54) is 0 Å². The summed E-state index contributed by atoms with van der Waals surface area (Å²) < 4.78 is 1.79. The molecule has 5 nitrogen and oxygen atoms in total. The molecule has 0 radical (unpaired) electrons. The van der Waals surface area contributed by atoms with Crippen LogP contribution >= 0.6 is 12.4 Å². The van der Waals surface area contributed by atoms with E-state index in [0.717, 1.165) is 11.3 Å². The van der Waals surface area contributed by atoms with Crippen LogP contribution in [-0.4, -0.2) is 21.7 Å². The van der Waals surface area contributed by atoms with Crippen LogP contribution in [0, 0.1) is 5.92 Å². The van der Waals surface area contributed by atoms with Crippen LogP contribution in [0.4, 0.5) is 0 Å². The molecule has 0 aliphatic heterocycles. The Morgan fingerprint density at radius 2 is 2.00 bits per heavy atom. The number of carbonyl (C=O) groups is 1. The van der Waals surface area contributed by atoms with Crippen molar-refractivity contribution in [2.24, 2.45) is 11.7 Å². The van der Waals surface area contributed by atoms with Crippen molar-refractivity contribution in [1.82, 2.24) is 15.1 Å². The van der Waals surface area contributed by atoms with Gasteiger partial charge in [0.15, 0.2) is 0 Å². The van der Waals surface area contributed by atoms with Gasteiger partial charge in [0.2, 0.25) is 5.91 Å². The number of nitrogens with one attached hydrogen (secondary N) is 1. The van der Waals surface area contributed by atoms with E-state index in [1.54, 1.807) is 10.9 Å². The van der Waals surface area contributed by atoms with Crippen LogP contribution < -0.4 is 11.1 Å². The second kappa shape index (κ2) is 8.56. The number of rotatable bonds is 6. The van der Waals surface area contributed by atoms with Crippen LogP contribution in [-0.2, 0) is 11.3 Å². The minimum absolute atomic E-state index is 0. The predicted octanol–water partition coefficient (Wildman–Crippen LogP) is 2.28. The Hall–Kier alpha value is -1.85. The Morgan fingerprint density at radius 3 is 2.64 bits per heavy atom. The third kappa shape index (κ3) is 5.16. The number of amides is 1. The molecule has 6 heteroatoms. The molecule has 0 fully saturated rings. The topological polar surface area (TPSA) is 72.9 Å². The molecule has 3 N–H and O–H groups in total. The van der Waals surface area contributed by atoms with Crippen molar-refractivity contribution >= 4 is 18.3 Å². The van der Waals surface area contributed by atoms with E-state index in [9.17, 15) is 4.79 Å². The van der Waals surface area contributed by atoms with Crippen LogP contribution in [0.5, 0.6) is 0 Å². The second-order valence-corrected chi connectivity index (χ2v) is 5.58. The van der Waals surface area contributed by atoms with Crippen LogP contribution in [0.1, 0.15) is 25.8 Å².